The Hall–Kier alpha value is -0.390. The Morgan fingerprint density at radius 2 is 1.80 bits per heavy atom. The molecule has 5 heteroatoms. The third kappa shape index (κ3) is 2.55. The van der Waals surface area contributed by atoms with Crippen molar-refractivity contribution in [3.63, 3.8) is 0 Å². The molecule has 0 amide bonds. The molecule has 0 radical (unpaired) electrons. The summed E-state index contributed by atoms with van der Waals surface area (Å²) in [6.07, 6.45) is 5.59. The summed E-state index contributed by atoms with van der Waals surface area (Å²) >= 11 is 3.39. The van der Waals surface area contributed by atoms with E-state index in [-0.39, 0.29) is 6.04 Å². The maximum absolute atomic E-state index is 12.8. The van der Waals surface area contributed by atoms with Gasteiger partial charge < -0.3 is 0 Å². The van der Waals surface area contributed by atoms with Crippen LogP contribution in [0, 0.1) is 5.92 Å². The van der Waals surface area contributed by atoms with Crippen LogP contribution in [0.25, 0.3) is 0 Å². The first-order valence-electron chi connectivity index (χ1n) is 7.29. The molecule has 1 aromatic carbocycles. The smallest absolute Gasteiger partial charge is 0.207 e. The lowest BCUT2D eigenvalue weighted by Crippen LogP contribution is -2.46. The second-order valence-corrected chi connectivity index (χ2v) is 8.25. The van der Waals surface area contributed by atoms with Gasteiger partial charge in [-0.1, -0.05) is 34.5 Å². The van der Waals surface area contributed by atoms with Crippen LogP contribution in [-0.2, 0) is 15.4 Å². The van der Waals surface area contributed by atoms with Gasteiger partial charge in [-0.25, -0.2) is 8.42 Å². The van der Waals surface area contributed by atoms with Gasteiger partial charge in [0.1, 0.15) is 0 Å². The molecule has 2 atom stereocenters. The molecule has 1 aliphatic heterocycles. The Balaban J connectivity index is 1.89. The second-order valence-electron chi connectivity index (χ2n) is 5.79. The third-order valence-corrected chi connectivity index (χ3v) is 7.21. The molecular formula is C15H20BrNO2S. The topological polar surface area (TPSA) is 37.4 Å². The maximum Gasteiger partial charge on any atom is 0.243 e. The molecule has 110 valence electrons. The molecule has 0 spiro atoms. The Kier molecular flexibility index (Phi) is 4.20. The minimum Gasteiger partial charge on any atom is -0.207 e. The lowest BCUT2D eigenvalue weighted by molar-refractivity contribution is 0.202. The van der Waals surface area contributed by atoms with Gasteiger partial charge >= 0.3 is 0 Å². The van der Waals surface area contributed by atoms with Gasteiger partial charge in [-0.05, 0) is 49.3 Å². The summed E-state index contributed by atoms with van der Waals surface area (Å²) in [5.74, 6) is 0.584. The van der Waals surface area contributed by atoms with Crippen molar-refractivity contribution in [2.45, 2.75) is 48.4 Å². The molecule has 20 heavy (non-hydrogen) atoms. The van der Waals surface area contributed by atoms with Crippen LogP contribution >= 0.6 is 15.9 Å². The van der Waals surface area contributed by atoms with Gasteiger partial charge in [0.25, 0.3) is 0 Å². The molecule has 2 fully saturated rings. The third-order valence-electron chi connectivity index (χ3n) is 4.63. The van der Waals surface area contributed by atoms with Crippen molar-refractivity contribution in [3.05, 3.63) is 29.8 Å². The highest BCUT2D eigenvalue weighted by Crippen LogP contribution is 2.39. The van der Waals surface area contributed by atoms with E-state index in [9.17, 15) is 8.42 Å². The molecule has 3 rings (SSSR count). The minimum atomic E-state index is -3.32. The fraction of sp³-hybridized carbons (Fsp3) is 0.600. The largest absolute Gasteiger partial charge is 0.243 e. The van der Waals surface area contributed by atoms with E-state index in [1.807, 2.05) is 12.1 Å². The fourth-order valence-electron chi connectivity index (χ4n) is 3.59. The van der Waals surface area contributed by atoms with Crippen molar-refractivity contribution in [2.24, 2.45) is 5.92 Å². The first-order chi connectivity index (χ1) is 9.63. The average molecular weight is 358 g/mol. The molecule has 3 nitrogen and oxygen atoms in total. The number of hydrogen-bond donors (Lipinski definition) is 0. The standard InChI is InChI=1S/C15H20BrNO2S/c16-11-12-6-8-14(9-7-12)20(18,19)17-10-2-4-13-3-1-5-15(13)17/h6-9,13,15H,1-5,10-11H2. The van der Waals surface area contributed by atoms with Gasteiger partial charge in [0.15, 0.2) is 0 Å². The van der Waals surface area contributed by atoms with Crippen molar-refractivity contribution in [3.8, 4) is 0 Å². The molecule has 0 bridgehead atoms. The number of piperidine rings is 1. The number of fused-ring (bicyclic) bond motifs is 1. The van der Waals surface area contributed by atoms with Crippen LogP contribution in [0.15, 0.2) is 29.2 Å². The van der Waals surface area contributed by atoms with Crippen LogP contribution in [-0.4, -0.2) is 25.3 Å². The van der Waals surface area contributed by atoms with Gasteiger partial charge in [0.05, 0.1) is 4.90 Å². The Morgan fingerprint density at radius 3 is 2.50 bits per heavy atom. The predicted molar refractivity (Wildman–Crippen MR) is 83.3 cm³/mol. The summed E-state index contributed by atoms with van der Waals surface area (Å²) in [5.41, 5.74) is 1.10. The number of rotatable bonds is 3. The van der Waals surface area contributed by atoms with E-state index in [0.717, 1.165) is 23.7 Å². The first-order valence-corrected chi connectivity index (χ1v) is 9.86. The van der Waals surface area contributed by atoms with E-state index in [2.05, 4.69) is 15.9 Å². The van der Waals surface area contributed by atoms with Crippen molar-refractivity contribution >= 4 is 26.0 Å². The van der Waals surface area contributed by atoms with Gasteiger partial charge in [0, 0.05) is 17.9 Å². The van der Waals surface area contributed by atoms with Crippen molar-refractivity contribution < 1.29 is 8.42 Å². The monoisotopic (exact) mass is 357 g/mol. The molecule has 0 N–H and O–H groups in total. The van der Waals surface area contributed by atoms with Crippen LogP contribution in [0.5, 0.6) is 0 Å². The second kappa shape index (κ2) is 5.78. The molecule has 1 heterocycles. The summed E-state index contributed by atoms with van der Waals surface area (Å²) < 4.78 is 27.5. The molecule has 1 aliphatic carbocycles. The summed E-state index contributed by atoms with van der Waals surface area (Å²) in [5, 5.41) is 0.752. The number of nitrogens with zero attached hydrogens (tertiary/aromatic N) is 1. The van der Waals surface area contributed by atoms with E-state index in [1.54, 1.807) is 16.4 Å². The zero-order chi connectivity index (χ0) is 14.2. The van der Waals surface area contributed by atoms with Crippen molar-refractivity contribution in [2.75, 3.05) is 6.54 Å². The summed E-state index contributed by atoms with van der Waals surface area (Å²) in [6, 6.07) is 7.49. The molecule has 2 aliphatic rings. The van der Waals surface area contributed by atoms with E-state index in [1.165, 1.54) is 19.3 Å². The molecule has 1 saturated heterocycles. The van der Waals surface area contributed by atoms with Gasteiger partial charge in [-0.2, -0.15) is 4.31 Å². The number of benzene rings is 1. The van der Waals surface area contributed by atoms with Crippen molar-refractivity contribution in [1.29, 1.82) is 0 Å². The SMILES string of the molecule is O=S(=O)(c1ccc(CBr)cc1)N1CCCC2CCCC21. The van der Waals surface area contributed by atoms with Crippen LogP contribution in [0.3, 0.4) is 0 Å². The average Bonchev–Trinajstić information content (AvgIpc) is 2.95. The van der Waals surface area contributed by atoms with E-state index in [4.69, 9.17) is 0 Å². The van der Waals surface area contributed by atoms with E-state index in [0.29, 0.717) is 17.4 Å². The highest BCUT2D eigenvalue weighted by molar-refractivity contribution is 9.08. The van der Waals surface area contributed by atoms with E-state index >= 15 is 0 Å². The summed E-state index contributed by atoms with van der Waals surface area (Å²) in [6.45, 7) is 0.684. The van der Waals surface area contributed by atoms with Crippen LogP contribution in [0.1, 0.15) is 37.7 Å². The van der Waals surface area contributed by atoms with Gasteiger partial charge in [0.2, 0.25) is 10.0 Å². The summed E-state index contributed by atoms with van der Waals surface area (Å²) in [4.78, 5) is 0.440. The molecular weight excluding hydrogens is 338 g/mol. The zero-order valence-corrected chi connectivity index (χ0v) is 13.9. The quantitative estimate of drug-likeness (QED) is 0.775. The number of hydrogen-bond acceptors (Lipinski definition) is 2. The maximum atomic E-state index is 12.8. The van der Waals surface area contributed by atoms with Gasteiger partial charge in [-0.3, -0.25) is 0 Å². The van der Waals surface area contributed by atoms with Crippen LogP contribution < -0.4 is 0 Å². The lowest BCUT2D eigenvalue weighted by Gasteiger charge is -2.36. The molecule has 1 saturated carbocycles. The summed E-state index contributed by atoms with van der Waals surface area (Å²) in [7, 11) is -3.32. The number of alkyl halides is 1. The zero-order valence-electron chi connectivity index (χ0n) is 11.5. The van der Waals surface area contributed by atoms with Crippen molar-refractivity contribution in [1.82, 2.24) is 4.31 Å². The Bertz CT molecular complexity index is 570. The Labute approximate surface area is 129 Å². The highest BCUT2D eigenvalue weighted by atomic mass is 79.9. The van der Waals surface area contributed by atoms with E-state index < -0.39 is 10.0 Å². The Morgan fingerprint density at radius 1 is 1.10 bits per heavy atom. The van der Waals surface area contributed by atoms with Crippen LogP contribution in [0.4, 0.5) is 0 Å². The fourth-order valence-corrected chi connectivity index (χ4v) is 5.72. The van der Waals surface area contributed by atoms with Gasteiger partial charge in [-0.15, -0.1) is 0 Å². The first kappa shape index (κ1) is 14.5. The molecule has 2 unspecified atom stereocenters. The molecule has 1 aromatic rings. The normalized spacial score (nSPS) is 27.4. The highest BCUT2D eigenvalue weighted by Gasteiger charge is 2.41. The lowest BCUT2D eigenvalue weighted by atomic mass is 9.94. The number of sulfonamides is 1. The predicted octanol–water partition coefficient (Wildman–Crippen LogP) is 3.53. The molecule has 0 aromatic heterocycles. The number of halogens is 1. The van der Waals surface area contributed by atoms with Crippen LogP contribution in [0.2, 0.25) is 0 Å². The minimum absolute atomic E-state index is 0.240.